The average Bonchev–Trinajstić information content (AvgIpc) is 2.70. The summed E-state index contributed by atoms with van der Waals surface area (Å²) in [5, 5.41) is 5.75. The minimum absolute atomic E-state index is 0.289. The van der Waals surface area contributed by atoms with Gasteiger partial charge in [-0.2, -0.15) is 5.10 Å². The summed E-state index contributed by atoms with van der Waals surface area (Å²) in [7, 11) is 0. The Morgan fingerprint density at radius 2 is 2.05 bits per heavy atom. The lowest BCUT2D eigenvalue weighted by Crippen LogP contribution is -2.27. The zero-order chi connectivity index (χ0) is 14.0. The van der Waals surface area contributed by atoms with Crippen LogP contribution in [0.1, 0.15) is 51.4 Å². The van der Waals surface area contributed by atoms with Crippen molar-refractivity contribution < 1.29 is 0 Å². The van der Waals surface area contributed by atoms with Crippen molar-refractivity contribution in [3.63, 3.8) is 0 Å². The first-order valence-electron chi connectivity index (χ1n) is 7.44. The molecule has 0 radical (unpaired) electrons. The molecule has 4 heteroatoms. The Morgan fingerprint density at radius 1 is 1.32 bits per heavy atom. The normalized spacial score (nSPS) is 27.7. The van der Waals surface area contributed by atoms with Gasteiger partial charge in [0.05, 0.1) is 16.4 Å². The molecule has 0 bridgehead atoms. The SMILES string of the molecule is CCc1nn(CC)c(CC2CC(C)CCC2Cl)c1Cl. The second kappa shape index (κ2) is 6.49. The summed E-state index contributed by atoms with van der Waals surface area (Å²) in [6.07, 6.45) is 5.46. The van der Waals surface area contributed by atoms with Crippen LogP contribution in [0, 0.1) is 11.8 Å². The number of hydrogen-bond acceptors (Lipinski definition) is 1. The van der Waals surface area contributed by atoms with E-state index >= 15 is 0 Å². The number of aromatic nitrogens is 2. The van der Waals surface area contributed by atoms with Gasteiger partial charge in [-0.25, -0.2) is 0 Å². The predicted octanol–water partition coefficient (Wildman–Crippen LogP) is 4.70. The van der Waals surface area contributed by atoms with Crippen LogP contribution in [0.3, 0.4) is 0 Å². The largest absolute Gasteiger partial charge is 0.268 e. The van der Waals surface area contributed by atoms with Gasteiger partial charge in [0.2, 0.25) is 0 Å². The van der Waals surface area contributed by atoms with E-state index in [0.717, 1.165) is 42.4 Å². The first kappa shape index (κ1) is 15.2. The Labute approximate surface area is 126 Å². The van der Waals surface area contributed by atoms with Crippen molar-refractivity contribution in [2.75, 3.05) is 0 Å². The van der Waals surface area contributed by atoms with Crippen molar-refractivity contribution in [1.82, 2.24) is 9.78 Å². The number of nitrogens with zero attached hydrogens (tertiary/aromatic N) is 2. The van der Waals surface area contributed by atoms with Gasteiger partial charge in [-0.1, -0.05) is 25.4 Å². The third kappa shape index (κ3) is 3.28. The summed E-state index contributed by atoms with van der Waals surface area (Å²) in [6, 6.07) is 0. The molecule has 1 heterocycles. The topological polar surface area (TPSA) is 17.8 Å². The third-order valence-electron chi connectivity index (χ3n) is 4.30. The van der Waals surface area contributed by atoms with Crippen LogP contribution in [-0.4, -0.2) is 15.2 Å². The maximum absolute atomic E-state index is 6.51. The molecular weight excluding hydrogens is 279 g/mol. The van der Waals surface area contributed by atoms with Gasteiger partial charge in [0.1, 0.15) is 0 Å². The molecule has 3 atom stereocenters. The second-order valence-corrected chi connectivity index (χ2v) is 6.71. The van der Waals surface area contributed by atoms with E-state index in [1.165, 1.54) is 18.5 Å². The van der Waals surface area contributed by atoms with Gasteiger partial charge in [-0.15, -0.1) is 11.6 Å². The second-order valence-electron chi connectivity index (χ2n) is 5.78. The molecule has 0 aromatic carbocycles. The summed E-state index contributed by atoms with van der Waals surface area (Å²) >= 11 is 13.0. The van der Waals surface area contributed by atoms with E-state index in [0.29, 0.717) is 5.92 Å². The molecule has 19 heavy (non-hydrogen) atoms. The molecule has 0 amide bonds. The maximum Gasteiger partial charge on any atom is 0.0849 e. The number of rotatable bonds is 4. The molecule has 3 unspecified atom stereocenters. The highest BCUT2D eigenvalue weighted by atomic mass is 35.5. The van der Waals surface area contributed by atoms with E-state index in [-0.39, 0.29) is 5.38 Å². The van der Waals surface area contributed by atoms with Crippen LogP contribution in [-0.2, 0) is 19.4 Å². The number of hydrogen-bond donors (Lipinski definition) is 0. The Kier molecular flexibility index (Phi) is 5.19. The van der Waals surface area contributed by atoms with Gasteiger partial charge in [0.25, 0.3) is 0 Å². The van der Waals surface area contributed by atoms with E-state index in [4.69, 9.17) is 23.2 Å². The smallest absolute Gasteiger partial charge is 0.0849 e. The standard InChI is InChI=1S/C15H24Cl2N2/c1-4-13-15(17)14(19(5-2)18-13)9-11-8-10(3)6-7-12(11)16/h10-12H,4-9H2,1-3H3. The highest BCUT2D eigenvalue weighted by molar-refractivity contribution is 6.31. The molecule has 0 saturated heterocycles. The molecule has 0 N–H and O–H groups in total. The Bertz CT molecular complexity index is 428. The summed E-state index contributed by atoms with van der Waals surface area (Å²) in [6.45, 7) is 7.43. The predicted molar refractivity (Wildman–Crippen MR) is 82.1 cm³/mol. The van der Waals surface area contributed by atoms with Crippen LogP contribution in [0.15, 0.2) is 0 Å². The van der Waals surface area contributed by atoms with Crippen molar-refractivity contribution in [3.8, 4) is 0 Å². The van der Waals surface area contributed by atoms with Crippen LogP contribution in [0.25, 0.3) is 0 Å². The molecule has 1 aliphatic rings. The van der Waals surface area contributed by atoms with Crippen molar-refractivity contribution in [1.29, 1.82) is 0 Å². The van der Waals surface area contributed by atoms with Gasteiger partial charge in [-0.3, -0.25) is 4.68 Å². The number of halogens is 2. The van der Waals surface area contributed by atoms with Gasteiger partial charge < -0.3 is 0 Å². The van der Waals surface area contributed by atoms with Crippen LogP contribution in [0.5, 0.6) is 0 Å². The lowest BCUT2D eigenvalue weighted by molar-refractivity contribution is 0.283. The Hall–Kier alpha value is -0.210. The molecule has 1 aliphatic carbocycles. The maximum atomic E-state index is 6.51. The lowest BCUT2D eigenvalue weighted by Gasteiger charge is -2.31. The number of alkyl halides is 1. The molecule has 1 aromatic heterocycles. The van der Waals surface area contributed by atoms with Crippen molar-refractivity contribution >= 4 is 23.2 Å². The first-order chi connectivity index (χ1) is 9.06. The third-order valence-corrected chi connectivity index (χ3v) is 5.31. The monoisotopic (exact) mass is 302 g/mol. The lowest BCUT2D eigenvalue weighted by atomic mass is 9.80. The first-order valence-corrected chi connectivity index (χ1v) is 8.26. The summed E-state index contributed by atoms with van der Waals surface area (Å²) < 4.78 is 2.06. The molecular formula is C15H24Cl2N2. The molecule has 2 nitrogen and oxygen atoms in total. The molecule has 1 aromatic rings. The van der Waals surface area contributed by atoms with E-state index in [1.54, 1.807) is 0 Å². The molecule has 0 aliphatic heterocycles. The molecule has 2 rings (SSSR count). The van der Waals surface area contributed by atoms with Gasteiger partial charge in [0.15, 0.2) is 0 Å². The molecule has 1 fully saturated rings. The highest BCUT2D eigenvalue weighted by Crippen LogP contribution is 2.36. The minimum Gasteiger partial charge on any atom is -0.268 e. The average molecular weight is 303 g/mol. The van der Waals surface area contributed by atoms with Crippen molar-refractivity contribution in [2.45, 2.75) is 64.8 Å². The van der Waals surface area contributed by atoms with Crippen molar-refractivity contribution in [3.05, 3.63) is 16.4 Å². The minimum atomic E-state index is 0.289. The quantitative estimate of drug-likeness (QED) is 0.737. The van der Waals surface area contributed by atoms with Gasteiger partial charge in [0, 0.05) is 11.9 Å². The summed E-state index contributed by atoms with van der Waals surface area (Å²) in [5.41, 5.74) is 2.21. The fourth-order valence-electron chi connectivity index (χ4n) is 3.13. The molecule has 1 saturated carbocycles. The number of aryl methyl sites for hydroxylation is 2. The summed E-state index contributed by atoms with van der Waals surface area (Å²) in [5.74, 6) is 1.32. The van der Waals surface area contributed by atoms with E-state index in [1.807, 2.05) is 0 Å². The van der Waals surface area contributed by atoms with E-state index in [9.17, 15) is 0 Å². The van der Waals surface area contributed by atoms with Crippen LogP contribution in [0.2, 0.25) is 5.02 Å². The van der Waals surface area contributed by atoms with Gasteiger partial charge in [-0.05, 0) is 50.9 Å². The van der Waals surface area contributed by atoms with E-state index < -0.39 is 0 Å². The Morgan fingerprint density at radius 3 is 2.68 bits per heavy atom. The van der Waals surface area contributed by atoms with E-state index in [2.05, 4.69) is 30.6 Å². The fourth-order valence-corrected chi connectivity index (χ4v) is 3.80. The fraction of sp³-hybridized carbons (Fsp3) is 0.800. The summed E-state index contributed by atoms with van der Waals surface area (Å²) in [4.78, 5) is 0. The zero-order valence-corrected chi connectivity index (χ0v) is 13.6. The zero-order valence-electron chi connectivity index (χ0n) is 12.1. The molecule has 108 valence electrons. The Balaban J connectivity index is 2.19. The highest BCUT2D eigenvalue weighted by Gasteiger charge is 2.29. The van der Waals surface area contributed by atoms with Crippen LogP contribution < -0.4 is 0 Å². The van der Waals surface area contributed by atoms with Crippen LogP contribution in [0.4, 0.5) is 0 Å². The van der Waals surface area contributed by atoms with Gasteiger partial charge >= 0.3 is 0 Å². The van der Waals surface area contributed by atoms with Crippen LogP contribution >= 0.6 is 23.2 Å². The van der Waals surface area contributed by atoms with Crippen molar-refractivity contribution in [2.24, 2.45) is 11.8 Å². The molecule has 0 spiro atoms.